The summed E-state index contributed by atoms with van der Waals surface area (Å²) in [5.41, 5.74) is 0.870. The number of thiazole rings is 1. The van der Waals surface area contributed by atoms with E-state index in [1.807, 2.05) is 18.2 Å². The summed E-state index contributed by atoms with van der Waals surface area (Å²) in [5, 5.41) is 7.51. The van der Waals surface area contributed by atoms with Crippen molar-refractivity contribution in [2.75, 3.05) is 18.4 Å². The Hall–Kier alpha value is -1.17. The van der Waals surface area contributed by atoms with Gasteiger partial charge in [-0.15, -0.1) is 0 Å². The van der Waals surface area contributed by atoms with Crippen LogP contribution in [0.25, 0.3) is 10.2 Å². The number of nitrogens with zero attached hydrogens (tertiary/aromatic N) is 1. The third-order valence-corrected chi connectivity index (χ3v) is 4.46. The summed E-state index contributed by atoms with van der Waals surface area (Å²) in [6.07, 6.45) is 1.78. The van der Waals surface area contributed by atoms with Gasteiger partial charge in [0.25, 0.3) is 0 Å². The Kier molecular flexibility index (Phi) is 3.68. The highest BCUT2D eigenvalue weighted by atomic mass is 35.5. The van der Waals surface area contributed by atoms with Crippen molar-refractivity contribution in [1.29, 1.82) is 0 Å². The van der Waals surface area contributed by atoms with Crippen molar-refractivity contribution in [3.8, 4) is 0 Å². The summed E-state index contributed by atoms with van der Waals surface area (Å²) in [6.45, 7) is 1.82. The molecule has 4 nitrogen and oxygen atoms in total. The summed E-state index contributed by atoms with van der Waals surface area (Å²) in [6, 6.07) is 5.55. The first-order valence-corrected chi connectivity index (χ1v) is 7.49. The molecule has 0 radical (unpaired) electrons. The van der Waals surface area contributed by atoms with Gasteiger partial charge in [0.05, 0.1) is 10.2 Å². The van der Waals surface area contributed by atoms with Crippen LogP contribution in [0.4, 0.5) is 5.13 Å². The van der Waals surface area contributed by atoms with E-state index in [0.717, 1.165) is 36.1 Å². The number of nitrogens with one attached hydrogen (secondary N) is 2. The number of carbonyl (C=O) groups excluding carboxylic acids is 1. The first kappa shape index (κ1) is 12.8. The van der Waals surface area contributed by atoms with Crippen molar-refractivity contribution in [3.63, 3.8) is 0 Å². The molecule has 3 rings (SSSR count). The first-order valence-electron chi connectivity index (χ1n) is 6.30. The van der Waals surface area contributed by atoms with E-state index in [4.69, 9.17) is 11.6 Å². The van der Waals surface area contributed by atoms with Crippen molar-refractivity contribution in [1.82, 2.24) is 10.3 Å². The third kappa shape index (κ3) is 2.88. The Morgan fingerprint density at radius 1 is 1.42 bits per heavy atom. The van der Waals surface area contributed by atoms with Crippen LogP contribution in [0.3, 0.4) is 0 Å². The van der Waals surface area contributed by atoms with Crippen LogP contribution in [-0.4, -0.2) is 24.0 Å². The van der Waals surface area contributed by atoms with Crippen LogP contribution in [0.1, 0.15) is 12.8 Å². The zero-order chi connectivity index (χ0) is 13.2. The van der Waals surface area contributed by atoms with E-state index in [1.54, 1.807) is 0 Å². The van der Waals surface area contributed by atoms with Gasteiger partial charge in [-0.2, -0.15) is 0 Å². The van der Waals surface area contributed by atoms with Gasteiger partial charge in [-0.05, 0) is 44.1 Å². The molecule has 1 amide bonds. The molecule has 1 aliphatic rings. The molecule has 2 aromatic rings. The minimum atomic E-state index is 0.0756. The fourth-order valence-corrected chi connectivity index (χ4v) is 3.39. The van der Waals surface area contributed by atoms with Crippen molar-refractivity contribution >= 4 is 44.2 Å². The summed E-state index contributed by atoms with van der Waals surface area (Å²) >= 11 is 7.40. The fraction of sp³-hybridized carbons (Fsp3) is 0.385. The van der Waals surface area contributed by atoms with Crippen LogP contribution in [-0.2, 0) is 4.79 Å². The van der Waals surface area contributed by atoms with Gasteiger partial charge < -0.3 is 10.6 Å². The Morgan fingerprint density at radius 2 is 2.21 bits per heavy atom. The van der Waals surface area contributed by atoms with E-state index in [-0.39, 0.29) is 11.8 Å². The maximum absolute atomic E-state index is 12.1. The van der Waals surface area contributed by atoms with Gasteiger partial charge in [0.2, 0.25) is 5.91 Å². The molecule has 100 valence electrons. The fourth-order valence-electron chi connectivity index (χ4n) is 2.24. The zero-order valence-corrected chi connectivity index (χ0v) is 11.9. The van der Waals surface area contributed by atoms with Crippen molar-refractivity contribution in [2.45, 2.75) is 12.8 Å². The second-order valence-electron chi connectivity index (χ2n) is 4.64. The summed E-state index contributed by atoms with van der Waals surface area (Å²) in [5.74, 6) is 0.170. The lowest BCUT2D eigenvalue weighted by Gasteiger charge is -2.20. The molecule has 6 heteroatoms. The number of benzene rings is 1. The quantitative estimate of drug-likeness (QED) is 0.896. The number of hydrogen-bond donors (Lipinski definition) is 2. The number of carbonyl (C=O) groups is 1. The normalized spacial score (nSPS) is 16.7. The topological polar surface area (TPSA) is 54.0 Å². The highest BCUT2D eigenvalue weighted by Gasteiger charge is 2.21. The molecule has 0 spiro atoms. The number of halogens is 1. The molecular weight excluding hydrogens is 282 g/mol. The van der Waals surface area contributed by atoms with E-state index >= 15 is 0 Å². The van der Waals surface area contributed by atoms with Crippen molar-refractivity contribution in [2.24, 2.45) is 5.92 Å². The van der Waals surface area contributed by atoms with Crippen LogP contribution in [0.15, 0.2) is 18.2 Å². The summed E-state index contributed by atoms with van der Waals surface area (Å²) in [7, 11) is 0. The van der Waals surface area contributed by atoms with E-state index in [0.29, 0.717) is 10.2 Å². The van der Waals surface area contributed by atoms with Gasteiger partial charge >= 0.3 is 0 Å². The molecule has 0 saturated carbocycles. The van der Waals surface area contributed by atoms with Gasteiger partial charge in [-0.3, -0.25) is 4.79 Å². The molecule has 0 bridgehead atoms. The van der Waals surface area contributed by atoms with Crippen LogP contribution in [0.5, 0.6) is 0 Å². The third-order valence-electron chi connectivity index (χ3n) is 3.29. The number of piperidine rings is 1. The highest BCUT2D eigenvalue weighted by molar-refractivity contribution is 7.22. The van der Waals surface area contributed by atoms with Crippen LogP contribution < -0.4 is 10.6 Å². The smallest absolute Gasteiger partial charge is 0.229 e. The van der Waals surface area contributed by atoms with Crippen LogP contribution in [0.2, 0.25) is 5.02 Å². The molecule has 2 heterocycles. The van der Waals surface area contributed by atoms with Gasteiger partial charge in [0, 0.05) is 10.9 Å². The van der Waals surface area contributed by atoms with E-state index in [9.17, 15) is 4.79 Å². The molecule has 1 fully saturated rings. The minimum absolute atomic E-state index is 0.0756. The summed E-state index contributed by atoms with van der Waals surface area (Å²) < 4.78 is 0.994. The van der Waals surface area contributed by atoms with E-state index in [2.05, 4.69) is 15.6 Å². The zero-order valence-electron chi connectivity index (χ0n) is 10.3. The second kappa shape index (κ2) is 5.45. The Labute approximate surface area is 120 Å². The maximum Gasteiger partial charge on any atom is 0.229 e. The van der Waals surface area contributed by atoms with Crippen LogP contribution >= 0.6 is 22.9 Å². The Balaban J connectivity index is 1.75. The van der Waals surface area contributed by atoms with Gasteiger partial charge in [0.15, 0.2) is 5.13 Å². The number of amides is 1. The SMILES string of the molecule is O=C(Nc1nc2ccc(Cl)cc2s1)C1CCNCC1. The lowest BCUT2D eigenvalue weighted by molar-refractivity contribution is -0.120. The standard InChI is InChI=1S/C13H14ClN3OS/c14-9-1-2-10-11(7-9)19-13(16-10)17-12(18)8-3-5-15-6-4-8/h1-2,7-8,15H,3-6H2,(H,16,17,18). The molecule has 1 aromatic heterocycles. The Bertz CT molecular complexity index is 607. The molecule has 1 aliphatic heterocycles. The average molecular weight is 296 g/mol. The Morgan fingerprint density at radius 3 is 3.00 bits per heavy atom. The molecule has 0 unspecified atom stereocenters. The first-order chi connectivity index (χ1) is 9.22. The minimum Gasteiger partial charge on any atom is -0.317 e. The number of aromatic nitrogens is 1. The van der Waals surface area contributed by atoms with Gasteiger partial charge in [-0.1, -0.05) is 22.9 Å². The van der Waals surface area contributed by atoms with Crippen LogP contribution in [0, 0.1) is 5.92 Å². The van der Waals surface area contributed by atoms with E-state index in [1.165, 1.54) is 11.3 Å². The number of rotatable bonds is 2. The monoisotopic (exact) mass is 295 g/mol. The lowest BCUT2D eigenvalue weighted by Crippen LogP contribution is -2.34. The molecule has 1 aromatic carbocycles. The van der Waals surface area contributed by atoms with E-state index < -0.39 is 0 Å². The van der Waals surface area contributed by atoms with Crippen molar-refractivity contribution in [3.05, 3.63) is 23.2 Å². The second-order valence-corrected chi connectivity index (χ2v) is 6.11. The molecule has 19 heavy (non-hydrogen) atoms. The molecule has 1 saturated heterocycles. The number of fused-ring (bicyclic) bond motifs is 1. The lowest BCUT2D eigenvalue weighted by atomic mass is 9.97. The van der Waals surface area contributed by atoms with Gasteiger partial charge in [-0.25, -0.2) is 4.98 Å². The summed E-state index contributed by atoms with van der Waals surface area (Å²) in [4.78, 5) is 16.5. The predicted molar refractivity (Wildman–Crippen MR) is 78.9 cm³/mol. The van der Waals surface area contributed by atoms with Crippen molar-refractivity contribution < 1.29 is 4.79 Å². The molecular formula is C13H14ClN3OS. The average Bonchev–Trinajstić information content (AvgIpc) is 2.81. The number of anilines is 1. The molecule has 0 atom stereocenters. The maximum atomic E-state index is 12.1. The largest absolute Gasteiger partial charge is 0.317 e. The highest BCUT2D eigenvalue weighted by Crippen LogP contribution is 2.28. The number of hydrogen-bond acceptors (Lipinski definition) is 4. The molecule has 0 aliphatic carbocycles. The predicted octanol–water partition coefficient (Wildman–Crippen LogP) is 2.89. The molecule has 2 N–H and O–H groups in total. The van der Waals surface area contributed by atoms with Gasteiger partial charge in [0.1, 0.15) is 0 Å².